The summed E-state index contributed by atoms with van der Waals surface area (Å²) in [4.78, 5) is 8.86. The van der Waals surface area contributed by atoms with Crippen LogP contribution in [0.4, 0.5) is 0 Å². The summed E-state index contributed by atoms with van der Waals surface area (Å²) >= 11 is 1.51. The molecule has 0 saturated carbocycles. The summed E-state index contributed by atoms with van der Waals surface area (Å²) in [7, 11) is 1.65. The number of rotatable bonds is 5. The van der Waals surface area contributed by atoms with Crippen LogP contribution in [0.2, 0.25) is 0 Å². The zero-order valence-electron chi connectivity index (χ0n) is 12.5. The standard InChI is InChI=1S/C16H17N3O2S/c1-21-14-5-3-11(4-6-14)9-19-13(10-20)7-12-8-17-16(22-2)18-15(12)19/h3-8,20H,9-10H2,1-2H3. The van der Waals surface area contributed by atoms with Crippen molar-refractivity contribution in [2.24, 2.45) is 0 Å². The summed E-state index contributed by atoms with van der Waals surface area (Å²) in [5.41, 5.74) is 2.80. The second kappa shape index (κ2) is 6.37. The molecule has 0 fully saturated rings. The molecule has 6 heteroatoms. The van der Waals surface area contributed by atoms with Crippen LogP contribution in [-0.4, -0.2) is 33.0 Å². The van der Waals surface area contributed by atoms with Gasteiger partial charge in [0, 0.05) is 23.8 Å². The normalized spacial score (nSPS) is 11.0. The fourth-order valence-corrected chi connectivity index (χ4v) is 2.73. The van der Waals surface area contributed by atoms with E-state index in [2.05, 4.69) is 9.97 Å². The molecule has 0 radical (unpaired) electrons. The molecule has 114 valence electrons. The molecule has 2 heterocycles. The van der Waals surface area contributed by atoms with Gasteiger partial charge in [0.05, 0.1) is 13.7 Å². The van der Waals surface area contributed by atoms with Gasteiger partial charge in [0.1, 0.15) is 11.4 Å². The number of thioether (sulfide) groups is 1. The first-order valence-electron chi connectivity index (χ1n) is 6.88. The second-order valence-corrected chi connectivity index (χ2v) is 5.64. The van der Waals surface area contributed by atoms with Crippen LogP contribution in [0.3, 0.4) is 0 Å². The summed E-state index contributed by atoms with van der Waals surface area (Å²) in [6.07, 6.45) is 3.75. The average molecular weight is 315 g/mol. The molecule has 0 aliphatic heterocycles. The number of nitrogens with zero attached hydrogens (tertiary/aromatic N) is 3. The minimum Gasteiger partial charge on any atom is -0.497 e. The maximum absolute atomic E-state index is 9.61. The summed E-state index contributed by atoms with van der Waals surface area (Å²) in [5, 5.41) is 11.3. The van der Waals surface area contributed by atoms with Crippen molar-refractivity contribution >= 4 is 22.8 Å². The summed E-state index contributed by atoms with van der Waals surface area (Å²) in [5.74, 6) is 0.829. The van der Waals surface area contributed by atoms with Gasteiger partial charge in [-0.25, -0.2) is 9.97 Å². The van der Waals surface area contributed by atoms with Crippen molar-refractivity contribution in [1.82, 2.24) is 14.5 Å². The summed E-state index contributed by atoms with van der Waals surface area (Å²) in [6.45, 7) is 0.620. The minimum absolute atomic E-state index is 0.0267. The Morgan fingerprint density at radius 2 is 2.05 bits per heavy atom. The smallest absolute Gasteiger partial charge is 0.189 e. The molecule has 0 saturated heterocycles. The van der Waals surface area contributed by atoms with E-state index in [1.54, 1.807) is 13.3 Å². The van der Waals surface area contributed by atoms with Crippen LogP contribution in [0, 0.1) is 0 Å². The van der Waals surface area contributed by atoms with Crippen molar-refractivity contribution in [3.05, 3.63) is 47.8 Å². The molecular formula is C16H17N3O2S. The van der Waals surface area contributed by atoms with E-state index in [0.717, 1.165) is 33.2 Å². The summed E-state index contributed by atoms with van der Waals surface area (Å²) < 4.78 is 7.21. The molecule has 0 bridgehead atoms. The SMILES string of the molecule is COc1ccc(Cn2c(CO)cc3cnc(SC)nc32)cc1. The van der Waals surface area contributed by atoms with Crippen molar-refractivity contribution in [3.8, 4) is 5.75 Å². The van der Waals surface area contributed by atoms with E-state index in [-0.39, 0.29) is 6.61 Å². The van der Waals surface area contributed by atoms with Crippen LogP contribution in [0.15, 0.2) is 41.7 Å². The second-order valence-electron chi connectivity index (χ2n) is 4.86. The van der Waals surface area contributed by atoms with Crippen LogP contribution >= 0.6 is 11.8 Å². The molecule has 1 N–H and O–H groups in total. The molecule has 0 amide bonds. The number of hydrogen-bond donors (Lipinski definition) is 1. The largest absolute Gasteiger partial charge is 0.497 e. The van der Waals surface area contributed by atoms with Crippen LogP contribution in [-0.2, 0) is 13.2 Å². The minimum atomic E-state index is -0.0267. The molecule has 0 atom stereocenters. The lowest BCUT2D eigenvalue weighted by molar-refractivity contribution is 0.272. The number of aromatic nitrogens is 3. The highest BCUT2D eigenvalue weighted by molar-refractivity contribution is 7.98. The lowest BCUT2D eigenvalue weighted by atomic mass is 10.2. The predicted octanol–water partition coefficient (Wildman–Crippen LogP) is 2.70. The number of hydrogen-bond acceptors (Lipinski definition) is 5. The van der Waals surface area contributed by atoms with Gasteiger partial charge >= 0.3 is 0 Å². The van der Waals surface area contributed by atoms with Gasteiger partial charge in [0.15, 0.2) is 5.16 Å². The lowest BCUT2D eigenvalue weighted by Gasteiger charge is -2.10. The van der Waals surface area contributed by atoms with E-state index < -0.39 is 0 Å². The molecule has 22 heavy (non-hydrogen) atoms. The molecular weight excluding hydrogens is 298 g/mol. The first-order valence-corrected chi connectivity index (χ1v) is 8.10. The average Bonchev–Trinajstić information content (AvgIpc) is 2.92. The van der Waals surface area contributed by atoms with Gasteiger partial charge in [0.25, 0.3) is 0 Å². The van der Waals surface area contributed by atoms with Crippen molar-refractivity contribution < 1.29 is 9.84 Å². The number of ether oxygens (including phenoxy) is 1. The molecule has 0 unspecified atom stereocenters. The van der Waals surface area contributed by atoms with Gasteiger partial charge < -0.3 is 14.4 Å². The van der Waals surface area contributed by atoms with Crippen LogP contribution < -0.4 is 4.74 Å². The molecule has 1 aromatic carbocycles. The van der Waals surface area contributed by atoms with Crippen LogP contribution in [0.25, 0.3) is 11.0 Å². The van der Waals surface area contributed by atoms with E-state index in [0.29, 0.717) is 6.54 Å². The Morgan fingerprint density at radius 3 is 2.68 bits per heavy atom. The quantitative estimate of drug-likeness (QED) is 0.579. The Kier molecular flexibility index (Phi) is 4.31. The van der Waals surface area contributed by atoms with Crippen molar-refractivity contribution in [2.75, 3.05) is 13.4 Å². The van der Waals surface area contributed by atoms with Gasteiger partial charge in [-0.3, -0.25) is 0 Å². The highest BCUT2D eigenvalue weighted by Crippen LogP contribution is 2.22. The number of aliphatic hydroxyl groups is 1. The highest BCUT2D eigenvalue weighted by Gasteiger charge is 2.11. The van der Waals surface area contributed by atoms with Gasteiger partial charge in [-0.05, 0) is 30.0 Å². The molecule has 5 nitrogen and oxygen atoms in total. The van der Waals surface area contributed by atoms with Crippen molar-refractivity contribution in [1.29, 1.82) is 0 Å². The lowest BCUT2D eigenvalue weighted by Crippen LogP contribution is -2.05. The zero-order chi connectivity index (χ0) is 15.5. The third-order valence-electron chi connectivity index (χ3n) is 3.54. The van der Waals surface area contributed by atoms with Crippen molar-refractivity contribution in [3.63, 3.8) is 0 Å². The Labute approximate surface area is 133 Å². The molecule has 3 aromatic rings. The number of fused-ring (bicyclic) bond motifs is 1. The van der Waals surface area contributed by atoms with Crippen molar-refractivity contribution in [2.45, 2.75) is 18.3 Å². The fraction of sp³-hybridized carbons (Fsp3) is 0.250. The number of methoxy groups -OCH3 is 1. The van der Waals surface area contributed by atoms with Gasteiger partial charge in [-0.15, -0.1) is 0 Å². The van der Waals surface area contributed by atoms with Crippen LogP contribution in [0.5, 0.6) is 5.75 Å². The molecule has 0 spiro atoms. The zero-order valence-corrected chi connectivity index (χ0v) is 13.3. The Hall–Kier alpha value is -2.05. The Bertz CT molecular complexity index is 784. The monoisotopic (exact) mass is 315 g/mol. The molecule has 2 aromatic heterocycles. The van der Waals surface area contributed by atoms with E-state index in [4.69, 9.17) is 4.74 Å². The van der Waals surface area contributed by atoms with Gasteiger partial charge in [-0.2, -0.15) is 0 Å². The third kappa shape index (κ3) is 2.80. The first kappa shape index (κ1) is 14.9. The van der Waals surface area contributed by atoms with E-state index in [9.17, 15) is 5.11 Å². The Morgan fingerprint density at radius 1 is 1.27 bits per heavy atom. The molecule has 0 aliphatic rings. The fourth-order valence-electron chi connectivity index (χ4n) is 2.40. The van der Waals surface area contributed by atoms with E-state index in [1.165, 1.54) is 11.8 Å². The number of benzene rings is 1. The Balaban J connectivity index is 2.03. The third-order valence-corrected chi connectivity index (χ3v) is 4.10. The highest BCUT2D eigenvalue weighted by atomic mass is 32.2. The molecule has 3 rings (SSSR count). The summed E-state index contributed by atoms with van der Waals surface area (Å²) in [6, 6.07) is 9.83. The number of aliphatic hydroxyl groups excluding tert-OH is 1. The first-order chi connectivity index (χ1) is 10.7. The molecule has 0 aliphatic carbocycles. The van der Waals surface area contributed by atoms with Crippen LogP contribution in [0.1, 0.15) is 11.3 Å². The maximum atomic E-state index is 9.61. The van der Waals surface area contributed by atoms with Gasteiger partial charge in [0.2, 0.25) is 0 Å². The van der Waals surface area contributed by atoms with Gasteiger partial charge in [-0.1, -0.05) is 23.9 Å². The van der Waals surface area contributed by atoms with E-state index >= 15 is 0 Å². The maximum Gasteiger partial charge on any atom is 0.189 e. The topological polar surface area (TPSA) is 60.2 Å². The van der Waals surface area contributed by atoms with E-state index in [1.807, 2.05) is 41.2 Å². The predicted molar refractivity (Wildman–Crippen MR) is 87.3 cm³/mol.